The van der Waals surface area contributed by atoms with Crippen molar-refractivity contribution in [1.82, 2.24) is 5.32 Å². The molecule has 4 nitrogen and oxygen atoms in total. The van der Waals surface area contributed by atoms with E-state index >= 15 is 0 Å². The Kier molecular flexibility index (Phi) is 7.13. The molecule has 0 saturated carbocycles. The summed E-state index contributed by atoms with van der Waals surface area (Å²) >= 11 is 0. The Labute approximate surface area is 93.3 Å². The molecule has 0 aliphatic carbocycles. The van der Waals surface area contributed by atoms with Crippen LogP contribution in [0.25, 0.3) is 0 Å². The van der Waals surface area contributed by atoms with E-state index in [1.54, 1.807) is 14.0 Å². The molecule has 0 amide bonds. The van der Waals surface area contributed by atoms with E-state index in [2.05, 4.69) is 5.32 Å². The molecule has 0 bridgehead atoms. The number of methoxy groups -OCH3 is 1. The van der Waals surface area contributed by atoms with Crippen LogP contribution in [0, 0.1) is 0 Å². The van der Waals surface area contributed by atoms with Gasteiger partial charge >= 0.3 is 0 Å². The SMILES string of the molecule is CCC(C)S(=O)(=O)CCNC(C)COC. The largest absolute Gasteiger partial charge is 0.383 e. The summed E-state index contributed by atoms with van der Waals surface area (Å²) in [7, 11) is -1.29. The summed E-state index contributed by atoms with van der Waals surface area (Å²) in [5.41, 5.74) is 0. The monoisotopic (exact) mass is 237 g/mol. The topological polar surface area (TPSA) is 55.4 Å². The van der Waals surface area contributed by atoms with Crippen molar-refractivity contribution < 1.29 is 13.2 Å². The van der Waals surface area contributed by atoms with Crippen LogP contribution in [0.15, 0.2) is 0 Å². The fraction of sp³-hybridized carbons (Fsp3) is 1.00. The van der Waals surface area contributed by atoms with Crippen molar-refractivity contribution in [1.29, 1.82) is 0 Å². The van der Waals surface area contributed by atoms with Gasteiger partial charge in [-0.2, -0.15) is 0 Å². The van der Waals surface area contributed by atoms with E-state index in [1.807, 2.05) is 13.8 Å². The van der Waals surface area contributed by atoms with Gasteiger partial charge in [0.05, 0.1) is 17.6 Å². The molecule has 1 N–H and O–H groups in total. The molecule has 2 unspecified atom stereocenters. The van der Waals surface area contributed by atoms with E-state index in [0.717, 1.165) is 0 Å². The number of hydrogen-bond donors (Lipinski definition) is 1. The second-order valence-electron chi connectivity index (χ2n) is 3.90. The van der Waals surface area contributed by atoms with Gasteiger partial charge in [-0.3, -0.25) is 0 Å². The van der Waals surface area contributed by atoms with E-state index in [1.165, 1.54) is 0 Å². The Balaban J connectivity index is 3.85. The second-order valence-corrected chi connectivity index (χ2v) is 6.44. The third-order valence-electron chi connectivity index (χ3n) is 2.48. The van der Waals surface area contributed by atoms with Crippen molar-refractivity contribution in [3.8, 4) is 0 Å². The molecule has 0 rings (SSSR count). The number of ether oxygens (including phenoxy) is 1. The average Bonchev–Trinajstić information content (AvgIpc) is 2.16. The van der Waals surface area contributed by atoms with Crippen molar-refractivity contribution in [3.05, 3.63) is 0 Å². The van der Waals surface area contributed by atoms with Gasteiger partial charge in [0, 0.05) is 19.7 Å². The van der Waals surface area contributed by atoms with Crippen LogP contribution in [0.5, 0.6) is 0 Å². The first-order valence-electron chi connectivity index (χ1n) is 5.38. The minimum atomic E-state index is -2.92. The van der Waals surface area contributed by atoms with E-state index < -0.39 is 9.84 Å². The maximum Gasteiger partial charge on any atom is 0.154 e. The quantitative estimate of drug-likeness (QED) is 0.679. The maximum absolute atomic E-state index is 11.6. The molecule has 0 saturated heterocycles. The fourth-order valence-electron chi connectivity index (χ4n) is 1.21. The molecule has 0 heterocycles. The summed E-state index contributed by atoms with van der Waals surface area (Å²) < 4.78 is 28.2. The third-order valence-corrected chi connectivity index (χ3v) is 4.82. The summed E-state index contributed by atoms with van der Waals surface area (Å²) in [5, 5.41) is 2.88. The van der Waals surface area contributed by atoms with Crippen LogP contribution in [0.4, 0.5) is 0 Å². The van der Waals surface area contributed by atoms with E-state index in [0.29, 0.717) is 19.6 Å². The van der Waals surface area contributed by atoms with Crippen molar-refractivity contribution in [2.45, 2.75) is 38.5 Å². The standard InChI is InChI=1S/C10H23NO3S/c1-5-10(3)15(12,13)7-6-11-9(2)8-14-4/h9-11H,5-8H2,1-4H3. The summed E-state index contributed by atoms with van der Waals surface area (Å²) in [5.74, 6) is 0.204. The molecule has 0 aliphatic rings. The first kappa shape index (κ1) is 14.9. The summed E-state index contributed by atoms with van der Waals surface area (Å²) in [6.45, 7) is 6.72. The number of nitrogens with one attached hydrogen (secondary N) is 1. The van der Waals surface area contributed by atoms with Crippen LogP contribution in [0.3, 0.4) is 0 Å². The van der Waals surface area contributed by atoms with E-state index in [4.69, 9.17) is 4.74 Å². The van der Waals surface area contributed by atoms with Gasteiger partial charge in [0.1, 0.15) is 0 Å². The Morgan fingerprint density at radius 2 is 1.93 bits per heavy atom. The predicted molar refractivity (Wildman–Crippen MR) is 62.9 cm³/mol. The summed E-state index contributed by atoms with van der Waals surface area (Å²) in [4.78, 5) is 0. The van der Waals surface area contributed by atoms with Crippen LogP contribution in [0.2, 0.25) is 0 Å². The lowest BCUT2D eigenvalue weighted by atomic mass is 10.4. The highest BCUT2D eigenvalue weighted by Gasteiger charge is 2.18. The summed E-state index contributed by atoms with van der Waals surface area (Å²) in [6, 6.07) is 0.196. The first-order valence-corrected chi connectivity index (χ1v) is 7.09. The molecule has 0 aliphatic heterocycles. The zero-order chi connectivity index (χ0) is 11.9. The minimum absolute atomic E-state index is 0.196. The third kappa shape index (κ3) is 6.12. The highest BCUT2D eigenvalue weighted by atomic mass is 32.2. The van der Waals surface area contributed by atoms with Gasteiger partial charge in [-0.05, 0) is 20.3 Å². The Bertz CT molecular complexity index is 251. The number of hydrogen-bond acceptors (Lipinski definition) is 4. The van der Waals surface area contributed by atoms with Crippen LogP contribution in [-0.4, -0.2) is 45.7 Å². The highest BCUT2D eigenvalue weighted by molar-refractivity contribution is 7.92. The van der Waals surface area contributed by atoms with Crippen molar-refractivity contribution in [2.75, 3.05) is 26.0 Å². The average molecular weight is 237 g/mol. The lowest BCUT2D eigenvalue weighted by Gasteiger charge is -2.14. The summed E-state index contributed by atoms with van der Waals surface area (Å²) in [6.07, 6.45) is 0.677. The van der Waals surface area contributed by atoms with Gasteiger partial charge in [-0.1, -0.05) is 6.92 Å². The van der Waals surface area contributed by atoms with Gasteiger partial charge < -0.3 is 10.1 Å². The molecule has 0 fully saturated rings. The lowest BCUT2D eigenvalue weighted by Crippen LogP contribution is -2.35. The molecule has 0 aromatic carbocycles. The van der Waals surface area contributed by atoms with Gasteiger partial charge in [-0.25, -0.2) is 8.42 Å². The lowest BCUT2D eigenvalue weighted by molar-refractivity contribution is 0.173. The van der Waals surface area contributed by atoms with E-state index in [-0.39, 0.29) is 17.0 Å². The maximum atomic E-state index is 11.6. The molecular weight excluding hydrogens is 214 g/mol. The van der Waals surface area contributed by atoms with Gasteiger partial charge in [0.25, 0.3) is 0 Å². The van der Waals surface area contributed by atoms with Gasteiger partial charge in [0.15, 0.2) is 9.84 Å². The predicted octanol–water partition coefficient (Wildman–Crippen LogP) is 0.824. The molecule has 0 radical (unpaired) electrons. The molecule has 2 atom stereocenters. The molecule has 92 valence electrons. The highest BCUT2D eigenvalue weighted by Crippen LogP contribution is 2.05. The Morgan fingerprint density at radius 3 is 2.40 bits per heavy atom. The molecule has 5 heteroatoms. The Hall–Kier alpha value is -0.130. The van der Waals surface area contributed by atoms with Gasteiger partial charge in [-0.15, -0.1) is 0 Å². The first-order chi connectivity index (χ1) is 6.94. The number of sulfone groups is 1. The van der Waals surface area contributed by atoms with Crippen molar-refractivity contribution >= 4 is 9.84 Å². The molecule has 0 aromatic rings. The smallest absolute Gasteiger partial charge is 0.154 e. The van der Waals surface area contributed by atoms with Crippen LogP contribution < -0.4 is 5.32 Å². The van der Waals surface area contributed by atoms with Crippen LogP contribution in [0.1, 0.15) is 27.2 Å². The fourth-order valence-corrected chi connectivity index (χ4v) is 2.52. The molecule has 15 heavy (non-hydrogen) atoms. The van der Waals surface area contributed by atoms with Crippen LogP contribution >= 0.6 is 0 Å². The number of rotatable bonds is 8. The van der Waals surface area contributed by atoms with E-state index in [9.17, 15) is 8.42 Å². The zero-order valence-electron chi connectivity index (χ0n) is 10.1. The second kappa shape index (κ2) is 7.19. The zero-order valence-corrected chi connectivity index (χ0v) is 10.9. The molecule has 0 aromatic heterocycles. The van der Waals surface area contributed by atoms with Gasteiger partial charge in [0.2, 0.25) is 0 Å². The molecular formula is C10H23NO3S. The van der Waals surface area contributed by atoms with Crippen molar-refractivity contribution in [3.63, 3.8) is 0 Å². The Morgan fingerprint density at radius 1 is 1.33 bits per heavy atom. The molecule has 0 spiro atoms. The normalized spacial score (nSPS) is 16.3. The minimum Gasteiger partial charge on any atom is -0.383 e. The van der Waals surface area contributed by atoms with Crippen molar-refractivity contribution in [2.24, 2.45) is 0 Å². The van der Waals surface area contributed by atoms with Crippen LogP contribution in [-0.2, 0) is 14.6 Å².